The topological polar surface area (TPSA) is 114 Å². The van der Waals surface area contributed by atoms with Gasteiger partial charge in [0.05, 0.1) is 11.5 Å². The van der Waals surface area contributed by atoms with Gasteiger partial charge in [0.25, 0.3) is 0 Å². The molecule has 8 heteroatoms. The molecule has 2 aliphatic rings. The van der Waals surface area contributed by atoms with Crippen LogP contribution in [0.5, 0.6) is 0 Å². The number of carboxylic acids is 1. The lowest BCUT2D eigenvalue weighted by atomic mass is 9.86. The molecule has 2 amide bonds. The average Bonchev–Trinajstić information content (AvgIpc) is 3.16. The molecule has 0 radical (unpaired) electrons. The van der Waals surface area contributed by atoms with Gasteiger partial charge in [-0.3, -0.25) is 9.59 Å². The van der Waals surface area contributed by atoms with E-state index in [1.165, 1.54) is 0 Å². The molecule has 4 rings (SSSR count). The van der Waals surface area contributed by atoms with Crippen molar-refractivity contribution in [3.05, 3.63) is 59.7 Å². The number of alkyl carbamates (subject to hydrolysis) is 1. The SMILES string of the molecule is CC(NC(=O)CC1(NC(=O)OCC2c3ccccc3-c3ccccc32)CCOCC1)C(C)C(=O)O. The minimum Gasteiger partial charge on any atom is -0.481 e. The van der Waals surface area contributed by atoms with E-state index in [4.69, 9.17) is 9.47 Å². The van der Waals surface area contributed by atoms with Gasteiger partial charge in [0.2, 0.25) is 5.91 Å². The highest BCUT2D eigenvalue weighted by molar-refractivity contribution is 5.81. The number of carbonyl (C=O) groups excluding carboxylic acids is 2. The Morgan fingerprint density at radius 1 is 1.03 bits per heavy atom. The second-order valence-corrected chi connectivity index (χ2v) is 9.50. The van der Waals surface area contributed by atoms with E-state index in [1.807, 2.05) is 24.3 Å². The lowest BCUT2D eigenvalue weighted by Crippen LogP contribution is -2.55. The van der Waals surface area contributed by atoms with Crippen LogP contribution in [0.4, 0.5) is 4.79 Å². The van der Waals surface area contributed by atoms with Gasteiger partial charge in [0.1, 0.15) is 6.61 Å². The number of hydrogen-bond acceptors (Lipinski definition) is 5. The third kappa shape index (κ3) is 5.48. The molecule has 0 aromatic heterocycles. The fraction of sp³-hybridized carbons (Fsp3) is 0.444. The third-order valence-corrected chi connectivity index (χ3v) is 7.19. The highest BCUT2D eigenvalue weighted by Crippen LogP contribution is 2.44. The van der Waals surface area contributed by atoms with Crippen LogP contribution in [0.1, 0.15) is 50.2 Å². The van der Waals surface area contributed by atoms with Crippen molar-refractivity contribution < 1.29 is 29.0 Å². The van der Waals surface area contributed by atoms with Crippen molar-refractivity contribution in [2.24, 2.45) is 5.92 Å². The van der Waals surface area contributed by atoms with Crippen molar-refractivity contribution in [2.45, 2.75) is 50.6 Å². The van der Waals surface area contributed by atoms with Crippen LogP contribution < -0.4 is 10.6 Å². The van der Waals surface area contributed by atoms with E-state index in [0.29, 0.717) is 26.1 Å². The normalized spacial score (nSPS) is 18.0. The maximum Gasteiger partial charge on any atom is 0.407 e. The third-order valence-electron chi connectivity index (χ3n) is 7.19. The van der Waals surface area contributed by atoms with Gasteiger partial charge in [0.15, 0.2) is 0 Å². The summed E-state index contributed by atoms with van der Waals surface area (Å²) in [5.74, 6) is -2.07. The van der Waals surface area contributed by atoms with Crippen LogP contribution in [0.25, 0.3) is 11.1 Å². The second-order valence-electron chi connectivity index (χ2n) is 9.50. The maximum absolute atomic E-state index is 12.9. The van der Waals surface area contributed by atoms with Crippen LogP contribution in [0.2, 0.25) is 0 Å². The summed E-state index contributed by atoms with van der Waals surface area (Å²) in [4.78, 5) is 36.9. The molecule has 0 spiro atoms. The molecule has 1 fully saturated rings. The molecule has 1 aliphatic carbocycles. The molecular formula is C27H32N2O6. The highest BCUT2D eigenvalue weighted by atomic mass is 16.5. The highest BCUT2D eigenvalue weighted by Gasteiger charge is 2.38. The monoisotopic (exact) mass is 480 g/mol. The Hall–Kier alpha value is -3.39. The summed E-state index contributed by atoms with van der Waals surface area (Å²) < 4.78 is 11.2. The van der Waals surface area contributed by atoms with E-state index in [9.17, 15) is 19.5 Å². The summed E-state index contributed by atoms with van der Waals surface area (Å²) in [7, 11) is 0. The molecule has 8 nitrogen and oxygen atoms in total. The quantitative estimate of drug-likeness (QED) is 0.531. The van der Waals surface area contributed by atoms with Crippen LogP contribution >= 0.6 is 0 Å². The Morgan fingerprint density at radius 2 is 1.60 bits per heavy atom. The predicted molar refractivity (Wildman–Crippen MR) is 130 cm³/mol. The number of ether oxygens (including phenoxy) is 2. The summed E-state index contributed by atoms with van der Waals surface area (Å²) in [5, 5.41) is 14.9. The fourth-order valence-corrected chi connectivity index (χ4v) is 4.91. The molecule has 0 saturated carbocycles. The van der Waals surface area contributed by atoms with Crippen LogP contribution in [0.3, 0.4) is 0 Å². The number of nitrogens with one attached hydrogen (secondary N) is 2. The number of carboxylic acid groups (broad SMARTS) is 1. The lowest BCUT2D eigenvalue weighted by Gasteiger charge is -2.37. The molecule has 35 heavy (non-hydrogen) atoms. The first kappa shape index (κ1) is 24.7. The zero-order valence-electron chi connectivity index (χ0n) is 20.1. The van der Waals surface area contributed by atoms with Gasteiger partial charge in [-0.15, -0.1) is 0 Å². The summed E-state index contributed by atoms with van der Waals surface area (Å²) in [6.07, 6.45) is 0.381. The smallest absolute Gasteiger partial charge is 0.407 e. The number of fused-ring (bicyclic) bond motifs is 3. The van der Waals surface area contributed by atoms with Crippen molar-refractivity contribution in [3.63, 3.8) is 0 Å². The van der Waals surface area contributed by atoms with E-state index in [-0.39, 0.29) is 24.9 Å². The lowest BCUT2D eigenvalue weighted by molar-refractivity contribution is -0.142. The minimum atomic E-state index is -0.977. The number of benzene rings is 2. The van der Waals surface area contributed by atoms with E-state index in [0.717, 1.165) is 22.3 Å². The van der Waals surface area contributed by atoms with Gasteiger partial charge in [-0.05, 0) is 48.9 Å². The van der Waals surface area contributed by atoms with Gasteiger partial charge in [0, 0.05) is 31.6 Å². The molecule has 2 aromatic carbocycles. The van der Waals surface area contributed by atoms with Crippen LogP contribution in [0, 0.1) is 5.92 Å². The Morgan fingerprint density at radius 3 is 2.17 bits per heavy atom. The maximum atomic E-state index is 12.9. The number of aliphatic carboxylic acids is 1. The Kier molecular flexibility index (Phi) is 7.40. The number of amides is 2. The Bertz CT molecular complexity index is 1050. The summed E-state index contributed by atoms with van der Waals surface area (Å²) >= 11 is 0. The molecule has 2 atom stereocenters. The largest absolute Gasteiger partial charge is 0.481 e. The first-order valence-electron chi connectivity index (χ1n) is 12.0. The summed E-state index contributed by atoms with van der Waals surface area (Å²) in [6, 6.07) is 15.7. The Balaban J connectivity index is 1.40. The molecule has 1 aliphatic heterocycles. The standard InChI is InChI=1S/C27H32N2O6/c1-17(25(31)32)18(2)28-24(30)15-27(11-13-34-14-12-27)29-26(33)35-16-23-21-9-5-3-7-19(21)20-8-4-6-10-22(20)23/h3-10,17-18,23H,11-16H2,1-2H3,(H,28,30)(H,29,33)(H,31,32). The molecule has 1 heterocycles. The van der Waals surface area contributed by atoms with Crippen molar-refractivity contribution >= 4 is 18.0 Å². The first-order chi connectivity index (χ1) is 16.8. The average molecular weight is 481 g/mol. The van der Waals surface area contributed by atoms with Gasteiger partial charge in [-0.2, -0.15) is 0 Å². The van der Waals surface area contributed by atoms with Gasteiger partial charge < -0.3 is 25.2 Å². The first-order valence-corrected chi connectivity index (χ1v) is 12.0. The molecular weight excluding hydrogens is 448 g/mol. The molecule has 0 bridgehead atoms. The van der Waals surface area contributed by atoms with Crippen molar-refractivity contribution in [3.8, 4) is 11.1 Å². The van der Waals surface area contributed by atoms with Crippen LogP contribution in [-0.2, 0) is 19.1 Å². The molecule has 1 saturated heterocycles. The molecule has 2 aromatic rings. The zero-order valence-corrected chi connectivity index (χ0v) is 20.1. The second kappa shape index (κ2) is 10.5. The minimum absolute atomic E-state index is 0.0250. The number of carbonyl (C=O) groups is 3. The van der Waals surface area contributed by atoms with E-state index in [1.54, 1.807) is 13.8 Å². The van der Waals surface area contributed by atoms with Crippen LogP contribution in [-0.4, -0.2) is 54.5 Å². The van der Waals surface area contributed by atoms with Gasteiger partial charge >= 0.3 is 12.1 Å². The number of hydrogen-bond donors (Lipinski definition) is 3. The van der Waals surface area contributed by atoms with Crippen LogP contribution in [0.15, 0.2) is 48.5 Å². The molecule has 2 unspecified atom stereocenters. The fourth-order valence-electron chi connectivity index (χ4n) is 4.91. The molecule has 3 N–H and O–H groups in total. The summed E-state index contributed by atoms with van der Waals surface area (Å²) in [6.45, 7) is 4.22. The van der Waals surface area contributed by atoms with Gasteiger partial charge in [-0.25, -0.2) is 4.79 Å². The predicted octanol–water partition coefficient (Wildman–Crippen LogP) is 3.69. The van der Waals surface area contributed by atoms with E-state index < -0.39 is 29.6 Å². The zero-order chi connectivity index (χ0) is 25.0. The molecule has 186 valence electrons. The van der Waals surface area contributed by atoms with Crippen molar-refractivity contribution in [2.75, 3.05) is 19.8 Å². The van der Waals surface area contributed by atoms with E-state index >= 15 is 0 Å². The number of rotatable bonds is 8. The van der Waals surface area contributed by atoms with Gasteiger partial charge in [-0.1, -0.05) is 48.5 Å². The van der Waals surface area contributed by atoms with E-state index in [2.05, 4.69) is 34.9 Å². The van der Waals surface area contributed by atoms with Crippen molar-refractivity contribution in [1.29, 1.82) is 0 Å². The van der Waals surface area contributed by atoms with Crippen molar-refractivity contribution in [1.82, 2.24) is 10.6 Å². The summed E-state index contributed by atoms with van der Waals surface area (Å²) in [5.41, 5.74) is 3.75. The Labute approximate surface area is 205 Å².